The first-order valence-electron chi connectivity index (χ1n) is 14.7. The molecule has 0 aliphatic carbocycles. The number of carbonyl (C=O) groups is 2. The third kappa shape index (κ3) is 14.3. The lowest BCUT2D eigenvalue weighted by molar-refractivity contribution is -0.122. The van der Waals surface area contributed by atoms with Gasteiger partial charge in [-0.05, 0) is 49.4 Å². The predicted molar refractivity (Wildman–Crippen MR) is 172 cm³/mol. The summed E-state index contributed by atoms with van der Waals surface area (Å²) in [6.45, 7) is 9.22. The zero-order valence-electron chi connectivity index (χ0n) is 25.3. The molecule has 3 rings (SSSR count). The van der Waals surface area contributed by atoms with Crippen molar-refractivity contribution >= 4 is 25.3 Å². The Morgan fingerprint density at radius 1 is 0.881 bits per heavy atom. The minimum Gasteiger partial charge on any atom is -0.356 e. The molecule has 8 nitrogen and oxygen atoms in total. The number of unbranched alkanes of at least 4 members (excludes halogenated alkanes) is 4. The Morgan fingerprint density at radius 3 is 2.19 bits per heavy atom. The van der Waals surface area contributed by atoms with Crippen molar-refractivity contribution in [2.75, 3.05) is 25.2 Å². The van der Waals surface area contributed by atoms with Crippen LogP contribution in [0.5, 0.6) is 0 Å². The summed E-state index contributed by atoms with van der Waals surface area (Å²) in [5.74, 6) is 6.44. The van der Waals surface area contributed by atoms with E-state index in [4.69, 9.17) is 9.42 Å². The highest BCUT2D eigenvalue weighted by molar-refractivity contribution is 7.47. The van der Waals surface area contributed by atoms with Crippen molar-refractivity contribution in [3.63, 3.8) is 0 Å². The number of phosphoric acid groups is 1. The van der Waals surface area contributed by atoms with E-state index in [0.29, 0.717) is 45.2 Å². The third-order valence-corrected chi connectivity index (χ3v) is 7.07. The normalized spacial score (nSPS) is 12.4. The van der Waals surface area contributed by atoms with Gasteiger partial charge in [-0.15, -0.1) is 0 Å². The topological polar surface area (TPSA) is 105 Å². The monoisotopic (exact) mass is 602 g/mol. The Hall–Kier alpha value is -2.95. The number of para-hydroxylation sites is 1. The van der Waals surface area contributed by atoms with Gasteiger partial charge in [0.25, 0.3) is 0 Å². The number of benzene rings is 2. The van der Waals surface area contributed by atoms with Gasteiger partial charge in [0, 0.05) is 37.6 Å². The van der Waals surface area contributed by atoms with Crippen molar-refractivity contribution in [3.05, 3.63) is 65.2 Å². The van der Waals surface area contributed by atoms with Gasteiger partial charge in [0.2, 0.25) is 11.8 Å². The molecule has 0 bridgehead atoms. The van der Waals surface area contributed by atoms with Crippen LogP contribution < -0.4 is 10.2 Å². The molecule has 0 aromatic heterocycles. The number of nitrogens with one attached hydrogen (secondary N) is 1. The van der Waals surface area contributed by atoms with Gasteiger partial charge in [-0.1, -0.05) is 90.1 Å². The SMILES string of the molecule is C.CC.CC.COP(=O)(O)OCCCCCCNC(=O)CCCCC(=O)N1Cc2ccccc2C#Cc2ccccc21. The van der Waals surface area contributed by atoms with E-state index in [2.05, 4.69) is 21.7 Å². The number of carbonyl (C=O) groups excluding carboxylic acids is 2. The molecule has 42 heavy (non-hydrogen) atoms. The molecule has 1 aliphatic rings. The van der Waals surface area contributed by atoms with Gasteiger partial charge in [-0.3, -0.25) is 18.6 Å². The minimum absolute atomic E-state index is 0. The lowest BCUT2D eigenvalue weighted by Crippen LogP contribution is -2.31. The summed E-state index contributed by atoms with van der Waals surface area (Å²) in [5.41, 5.74) is 3.61. The minimum atomic E-state index is -3.89. The largest absolute Gasteiger partial charge is 0.471 e. The molecule has 0 spiro atoms. The molecule has 2 amide bonds. The third-order valence-electron chi connectivity index (χ3n) is 6.10. The number of amides is 2. The molecule has 1 heterocycles. The molecule has 0 saturated carbocycles. The van der Waals surface area contributed by atoms with Crippen LogP contribution in [0.25, 0.3) is 0 Å². The highest BCUT2D eigenvalue weighted by Crippen LogP contribution is 2.41. The predicted octanol–water partition coefficient (Wildman–Crippen LogP) is 7.62. The quantitative estimate of drug-likeness (QED) is 0.131. The molecule has 1 atom stereocenters. The first-order chi connectivity index (χ1) is 19.9. The average molecular weight is 603 g/mol. The van der Waals surface area contributed by atoms with Gasteiger partial charge in [0.15, 0.2) is 0 Å². The van der Waals surface area contributed by atoms with Crippen molar-refractivity contribution in [2.24, 2.45) is 0 Å². The average Bonchev–Trinajstić information content (AvgIpc) is 2.99. The van der Waals surface area contributed by atoms with Gasteiger partial charge >= 0.3 is 7.82 Å². The standard InChI is InChI=1S/C28H35N2O6P.2C2H6.CH4/c1-35-37(33,34)36-21-11-3-2-10-20-29-27(31)16-8-9-17-28(32)30-22-25-14-5-4-12-23(25)18-19-24-13-6-7-15-26(24)30;2*1-2;/h4-7,12-15H,2-3,8-11,16-17,20-22H2,1H3,(H,29,31)(H,33,34);2*1-2H3;1H4. The fourth-order valence-corrected chi connectivity index (χ4v) is 4.50. The van der Waals surface area contributed by atoms with Crippen molar-refractivity contribution in [3.8, 4) is 11.8 Å². The number of hydrogen-bond acceptors (Lipinski definition) is 5. The van der Waals surface area contributed by atoms with Gasteiger partial charge in [-0.25, -0.2) is 4.57 Å². The smallest absolute Gasteiger partial charge is 0.356 e. The highest BCUT2D eigenvalue weighted by Gasteiger charge is 2.21. The zero-order valence-corrected chi connectivity index (χ0v) is 26.2. The molecule has 2 aromatic carbocycles. The highest BCUT2D eigenvalue weighted by atomic mass is 31.2. The van der Waals surface area contributed by atoms with E-state index in [1.54, 1.807) is 0 Å². The van der Waals surface area contributed by atoms with Crippen LogP contribution in [-0.2, 0) is 29.7 Å². The molecule has 0 radical (unpaired) electrons. The Labute approximate surface area is 253 Å². The summed E-state index contributed by atoms with van der Waals surface area (Å²) in [7, 11) is -2.76. The second-order valence-corrected chi connectivity index (χ2v) is 10.4. The molecular weight excluding hydrogens is 551 g/mol. The maximum Gasteiger partial charge on any atom is 0.471 e. The van der Waals surface area contributed by atoms with Gasteiger partial charge in [0.1, 0.15) is 0 Å². The summed E-state index contributed by atoms with van der Waals surface area (Å²) < 4.78 is 20.3. The molecule has 2 aromatic rings. The van der Waals surface area contributed by atoms with E-state index >= 15 is 0 Å². The van der Waals surface area contributed by atoms with E-state index in [1.165, 1.54) is 0 Å². The Bertz CT molecular complexity index is 1170. The van der Waals surface area contributed by atoms with E-state index in [0.717, 1.165) is 48.8 Å². The van der Waals surface area contributed by atoms with Gasteiger partial charge in [0.05, 0.1) is 18.8 Å². The molecule has 0 saturated heterocycles. The van der Waals surface area contributed by atoms with Crippen LogP contribution in [0.4, 0.5) is 5.69 Å². The summed E-state index contributed by atoms with van der Waals surface area (Å²) in [5, 5.41) is 2.91. The van der Waals surface area contributed by atoms with Crippen molar-refractivity contribution in [1.29, 1.82) is 0 Å². The van der Waals surface area contributed by atoms with Crippen molar-refractivity contribution in [2.45, 2.75) is 93.0 Å². The molecule has 1 aliphatic heterocycles. The number of anilines is 1. The van der Waals surface area contributed by atoms with Crippen molar-refractivity contribution < 1.29 is 28.1 Å². The van der Waals surface area contributed by atoms with Gasteiger partial charge < -0.3 is 15.1 Å². The zero-order chi connectivity index (χ0) is 30.5. The summed E-state index contributed by atoms with van der Waals surface area (Å²) in [6, 6.07) is 15.6. The first kappa shape index (κ1) is 39.1. The summed E-state index contributed by atoms with van der Waals surface area (Å²) in [4.78, 5) is 36.3. The van der Waals surface area contributed by atoms with Crippen LogP contribution in [0.3, 0.4) is 0 Å². The lowest BCUT2D eigenvalue weighted by Gasteiger charge is -2.26. The fourth-order valence-electron chi connectivity index (χ4n) is 4.03. The van der Waals surface area contributed by atoms with Crippen LogP contribution >= 0.6 is 7.82 Å². The fraction of sp³-hybridized carbons (Fsp3) is 0.515. The molecule has 1 unspecified atom stereocenters. The Kier molecular flexibility index (Phi) is 21.0. The van der Waals surface area contributed by atoms with Crippen LogP contribution in [-0.4, -0.2) is 37.0 Å². The number of phosphoric ester groups is 1. The van der Waals surface area contributed by atoms with E-state index in [1.807, 2.05) is 81.1 Å². The maximum atomic E-state index is 13.2. The summed E-state index contributed by atoms with van der Waals surface area (Å²) >= 11 is 0. The van der Waals surface area contributed by atoms with E-state index in [9.17, 15) is 14.2 Å². The lowest BCUT2D eigenvalue weighted by atomic mass is 10.0. The van der Waals surface area contributed by atoms with Crippen LogP contribution in [0.1, 0.15) is 103 Å². The number of nitrogens with zero attached hydrogens (tertiary/aromatic N) is 1. The molecule has 0 fully saturated rings. The molecule has 234 valence electrons. The molecule has 2 N–H and O–H groups in total. The van der Waals surface area contributed by atoms with Crippen LogP contribution in [0.15, 0.2) is 48.5 Å². The second kappa shape index (κ2) is 22.6. The second-order valence-electron chi connectivity index (χ2n) is 8.86. The van der Waals surface area contributed by atoms with E-state index in [-0.39, 0.29) is 25.8 Å². The summed E-state index contributed by atoms with van der Waals surface area (Å²) in [6.07, 6.45) is 5.20. The molecule has 9 heteroatoms. The molecular formula is C33H51N2O6P. The Morgan fingerprint density at radius 2 is 1.48 bits per heavy atom. The van der Waals surface area contributed by atoms with E-state index < -0.39 is 7.82 Å². The van der Waals surface area contributed by atoms with Crippen molar-refractivity contribution in [1.82, 2.24) is 5.32 Å². The Balaban J connectivity index is 0.00000322. The number of fused-ring (bicyclic) bond motifs is 2. The number of hydrogen-bond donors (Lipinski definition) is 2. The van der Waals surface area contributed by atoms with Crippen LogP contribution in [0.2, 0.25) is 0 Å². The maximum absolute atomic E-state index is 13.2. The van der Waals surface area contributed by atoms with Gasteiger partial charge in [-0.2, -0.15) is 0 Å². The number of rotatable bonds is 14. The van der Waals surface area contributed by atoms with Crippen LogP contribution in [0, 0.1) is 11.8 Å². The first-order valence-corrected chi connectivity index (χ1v) is 16.2.